The molecule has 4 rings (SSSR count). The molecule has 0 bridgehead atoms. The summed E-state index contributed by atoms with van der Waals surface area (Å²) in [4.78, 5) is 28.7. The summed E-state index contributed by atoms with van der Waals surface area (Å²) in [6.07, 6.45) is 1.20. The summed E-state index contributed by atoms with van der Waals surface area (Å²) in [5.41, 5.74) is 6.68. The zero-order valence-corrected chi connectivity index (χ0v) is 26.1. The van der Waals surface area contributed by atoms with Gasteiger partial charge >= 0.3 is 0 Å². The molecule has 0 saturated carbocycles. The lowest BCUT2D eigenvalue weighted by Gasteiger charge is -2.38. The van der Waals surface area contributed by atoms with Gasteiger partial charge in [-0.05, 0) is 49.2 Å². The summed E-state index contributed by atoms with van der Waals surface area (Å²) in [5.74, 6) is -0.149. The fraction of sp³-hybridized carbons (Fsp3) is 0.355. The standard InChI is InChI=1S/C31H35Cl2FN4O6/c1-41-27-15-24(35)22(32)13-20(27)31(40)37-26-16-28(42-2)21(14-23(26)33)30(39)36-25-9-11-38(17-29(25)43-3)10-4-12-44-19-7-5-18(34)6-8-19/h5-8,13-16,25,29H,4,9-12,17,35H2,1-3H3,(H,36,39)(H,37,40). The lowest BCUT2D eigenvalue weighted by Crippen LogP contribution is -2.55. The average molecular weight is 650 g/mol. The number of hydrogen-bond acceptors (Lipinski definition) is 8. The number of nitrogens with zero attached hydrogens (tertiary/aromatic N) is 1. The molecule has 2 unspecified atom stereocenters. The van der Waals surface area contributed by atoms with Gasteiger partial charge in [0.25, 0.3) is 11.8 Å². The van der Waals surface area contributed by atoms with Crippen LogP contribution in [0.5, 0.6) is 17.2 Å². The first kappa shape index (κ1) is 33.1. The molecule has 0 aliphatic carbocycles. The van der Waals surface area contributed by atoms with E-state index in [9.17, 15) is 14.0 Å². The van der Waals surface area contributed by atoms with E-state index in [1.807, 2.05) is 0 Å². The van der Waals surface area contributed by atoms with Crippen LogP contribution in [0.1, 0.15) is 33.6 Å². The molecule has 1 heterocycles. The van der Waals surface area contributed by atoms with Gasteiger partial charge in [0.2, 0.25) is 0 Å². The molecular formula is C31H35Cl2FN4O6. The number of likely N-dealkylation sites (tertiary alicyclic amines) is 1. The van der Waals surface area contributed by atoms with Gasteiger partial charge < -0.3 is 40.2 Å². The van der Waals surface area contributed by atoms with Gasteiger partial charge in [-0.1, -0.05) is 23.2 Å². The van der Waals surface area contributed by atoms with Crippen LogP contribution >= 0.6 is 23.2 Å². The van der Waals surface area contributed by atoms with Crippen LogP contribution in [0.25, 0.3) is 0 Å². The summed E-state index contributed by atoms with van der Waals surface area (Å²) in [6, 6.07) is 11.5. The summed E-state index contributed by atoms with van der Waals surface area (Å²) in [5, 5.41) is 6.09. The van der Waals surface area contributed by atoms with Crippen LogP contribution in [0.2, 0.25) is 10.0 Å². The highest BCUT2D eigenvalue weighted by molar-refractivity contribution is 6.35. The lowest BCUT2D eigenvalue weighted by molar-refractivity contribution is 0.00527. The molecular weight excluding hydrogens is 614 g/mol. The Balaban J connectivity index is 1.36. The Morgan fingerprint density at radius 3 is 2.32 bits per heavy atom. The number of benzene rings is 3. The van der Waals surface area contributed by atoms with Crippen molar-refractivity contribution in [1.82, 2.24) is 10.2 Å². The van der Waals surface area contributed by atoms with Crippen LogP contribution in [-0.4, -0.2) is 76.4 Å². The molecule has 0 aromatic heterocycles. The number of hydrogen-bond donors (Lipinski definition) is 3. The highest BCUT2D eigenvalue weighted by Gasteiger charge is 2.31. The first-order valence-corrected chi connectivity index (χ1v) is 14.6. The van der Waals surface area contributed by atoms with Crippen molar-refractivity contribution >= 4 is 46.4 Å². The number of piperidine rings is 1. The van der Waals surface area contributed by atoms with E-state index in [1.165, 1.54) is 50.6 Å². The van der Waals surface area contributed by atoms with Crippen LogP contribution in [0, 0.1) is 5.82 Å². The molecule has 2 amide bonds. The van der Waals surface area contributed by atoms with Gasteiger partial charge in [0.15, 0.2) is 0 Å². The number of nitrogens with two attached hydrogens (primary N) is 1. The maximum Gasteiger partial charge on any atom is 0.259 e. The Bertz CT molecular complexity index is 1480. The van der Waals surface area contributed by atoms with Crippen LogP contribution < -0.4 is 30.6 Å². The van der Waals surface area contributed by atoms with Crippen LogP contribution in [0.15, 0.2) is 48.5 Å². The van der Waals surface area contributed by atoms with E-state index in [0.717, 1.165) is 19.5 Å². The van der Waals surface area contributed by atoms with E-state index in [2.05, 4.69) is 15.5 Å². The van der Waals surface area contributed by atoms with Gasteiger partial charge in [-0.25, -0.2) is 4.39 Å². The van der Waals surface area contributed by atoms with Gasteiger partial charge in [-0.3, -0.25) is 9.59 Å². The quantitative estimate of drug-likeness (QED) is 0.179. The van der Waals surface area contributed by atoms with Crippen molar-refractivity contribution in [2.75, 3.05) is 58.6 Å². The topological polar surface area (TPSA) is 124 Å². The molecule has 10 nitrogen and oxygen atoms in total. The molecule has 0 radical (unpaired) electrons. The van der Waals surface area contributed by atoms with E-state index in [4.69, 9.17) is 47.9 Å². The highest BCUT2D eigenvalue weighted by atomic mass is 35.5. The fourth-order valence-corrected chi connectivity index (χ4v) is 5.32. The minimum Gasteiger partial charge on any atom is -0.496 e. The minimum absolute atomic E-state index is 0.130. The van der Waals surface area contributed by atoms with Gasteiger partial charge in [-0.15, -0.1) is 0 Å². The number of carbonyl (C=O) groups excluding carboxylic acids is 2. The number of carbonyl (C=O) groups is 2. The van der Waals surface area contributed by atoms with Crippen molar-refractivity contribution in [3.63, 3.8) is 0 Å². The molecule has 3 aromatic carbocycles. The van der Waals surface area contributed by atoms with Gasteiger partial charge in [-0.2, -0.15) is 0 Å². The third kappa shape index (κ3) is 8.23. The monoisotopic (exact) mass is 648 g/mol. The van der Waals surface area contributed by atoms with E-state index >= 15 is 0 Å². The number of nitrogens with one attached hydrogen (secondary N) is 2. The van der Waals surface area contributed by atoms with E-state index in [1.54, 1.807) is 19.2 Å². The average Bonchev–Trinajstić information content (AvgIpc) is 3.02. The number of methoxy groups -OCH3 is 3. The summed E-state index contributed by atoms with van der Waals surface area (Å²) < 4.78 is 35.2. The second-order valence-corrected chi connectivity index (χ2v) is 11.0. The Hall–Kier alpha value is -3.77. The third-order valence-corrected chi connectivity index (χ3v) is 7.95. The Labute approximate surface area is 265 Å². The number of halogens is 3. The summed E-state index contributed by atoms with van der Waals surface area (Å²) in [6.45, 7) is 2.66. The van der Waals surface area contributed by atoms with Crippen molar-refractivity contribution in [1.29, 1.82) is 0 Å². The predicted molar refractivity (Wildman–Crippen MR) is 168 cm³/mol. The summed E-state index contributed by atoms with van der Waals surface area (Å²) in [7, 11) is 4.45. The Kier molecular flexibility index (Phi) is 11.5. The molecule has 2 atom stereocenters. The summed E-state index contributed by atoms with van der Waals surface area (Å²) >= 11 is 12.6. The molecule has 13 heteroatoms. The number of nitrogen functional groups attached to an aromatic ring is 1. The van der Waals surface area contributed by atoms with E-state index in [-0.39, 0.29) is 67.9 Å². The molecule has 3 aromatic rings. The van der Waals surface area contributed by atoms with E-state index < -0.39 is 5.91 Å². The number of amides is 2. The molecule has 4 N–H and O–H groups in total. The normalized spacial score (nSPS) is 16.7. The first-order chi connectivity index (χ1) is 21.1. The zero-order valence-electron chi connectivity index (χ0n) is 24.6. The maximum absolute atomic E-state index is 13.4. The molecule has 236 valence electrons. The van der Waals surface area contributed by atoms with Gasteiger partial charge in [0.1, 0.15) is 23.1 Å². The minimum atomic E-state index is -0.540. The van der Waals surface area contributed by atoms with E-state index in [0.29, 0.717) is 25.3 Å². The predicted octanol–water partition coefficient (Wildman–Crippen LogP) is 5.27. The second kappa shape index (κ2) is 15.3. The largest absolute Gasteiger partial charge is 0.496 e. The SMILES string of the molecule is COc1cc(N)c(Cl)cc1C(=O)Nc1cc(OC)c(C(=O)NC2CCN(CCCOc3ccc(F)cc3)CC2OC)cc1Cl. The van der Waals surface area contributed by atoms with Crippen molar-refractivity contribution in [2.24, 2.45) is 0 Å². The fourth-order valence-electron chi connectivity index (χ4n) is 4.94. The molecule has 44 heavy (non-hydrogen) atoms. The lowest BCUT2D eigenvalue weighted by atomic mass is 10.0. The highest BCUT2D eigenvalue weighted by Crippen LogP contribution is 2.34. The van der Waals surface area contributed by atoms with Crippen molar-refractivity contribution < 1.29 is 32.9 Å². The van der Waals surface area contributed by atoms with Crippen molar-refractivity contribution in [2.45, 2.75) is 25.0 Å². The molecule has 1 fully saturated rings. The number of anilines is 2. The second-order valence-electron chi connectivity index (χ2n) is 10.2. The third-order valence-electron chi connectivity index (χ3n) is 7.31. The molecule has 0 spiro atoms. The Morgan fingerprint density at radius 1 is 0.977 bits per heavy atom. The van der Waals surface area contributed by atoms with Crippen LogP contribution in [0.4, 0.5) is 15.8 Å². The molecule has 1 aliphatic heterocycles. The van der Waals surface area contributed by atoms with Crippen LogP contribution in [0.3, 0.4) is 0 Å². The molecule has 1 aliphatic rings. The van der Waals surface area contributed by atoms with Crippen LogP contribution in [-0.2, 0) is 4.74 Å². The van der Waals surface area contributed by atoms with Gasteiger partial charge in [0, 0.05) is 38.9 Å². The smallest absolute Gasteiger partial charge is 0.259 e. The molecule has 1 saturated heterocycles. The van der Waals surface area contributed by atoms with Gasteiger partial charge in [0.05, 0.1) is 65.5 Å². The first-order valence-electron chi connectivity index (χ1n) is 13.9. The van der Waals surface area contributed by atoms with Crippen molar-refractivity contribution in [3.05, 3.63) is 75.5 Å². The number of ether oxygens (including phenoxy) is 4. The Morgan fingerprint density at radius 2 is 1.64 bits per heavy atom. The zero-order chi connectivity index (χ0) is 31.8. The number of rotatable bonds is 12. The van der Waals surface area contributed by atoms with Crippen molar-refractivity contribution in [3.8, 4) is 17.2 Å². The maximum atomic E-state index is 13.4.